The molecule has 2 amide bonds. The van der Waals surface area contributed by atoms with E-state index in [4.69, 9.17) is 16.6 Å². The summed E-state index contributed by atoms with van der Waals surface area (Å²) < 4.78 is 13.7. The molecule has 0 saturated heterocycles. The lowest BCUT2D eigenvalue weighted by atomic mass is 10.1. The van der Waals surface area contributed by atoms with Gasteiger partial charge in [-0.15, -0.1) is 0 Å². The quantitative estimate of drug-likeness (QED) is 0.609. The largest absolute Gasteiger partial charge is 0.480 e. The van der Waals surface area contributed by atoms with Crippen LogP contribution in [0.4, 0.5) is 4.39 Å². The number of primary amides is 2. The summed E-state index contributed by atoms with van der Waals surface area (Å²) in [6.45, 7) is -0.899. The van der Waals surface area contributed by atoms with Crippen LogP contribution >= 0.6 is 0 Å². The number of hydrogen-bond donors (Lipinski definition) is 3. The Hall–Kier alpha value is -2.48. The molecule has 8 heteroatoms. The lowest BCUT2D eigenvalue weighted by Gasteiger charge is -2.18. The van der Waals surface area contributed by atoms with Gasteiger partial charge in [0.05, 0.1) is 13.1 Å². The van der Waals surface area contributed by atoms with Crippen LogP contribution in [0.25, 0.3) is 0 Å². The molecular weight excluding hydrogens is 269 g/mol. The molecule has 108 valence electrons. The molecule has 0 aliphatic carbocycles. The average molecular weight is 283 g/mol. The second-order valence-electron chi connectivity index (χ2n) is 4.18. The molecule has 0 heterocycles. The molecule has 1 aromatic carbocycles. The number of carbonyl (C=O) groups is 3. The lowest BCUT2D eigenvalue weighted by molar-refractivity contribution is -0.138. The summed E-state index contributed by atoms with van der Waals surface area (Å²) in [7, 11) is 0. The van der Waals surface area contributed by atoms with Gasteiger partial charge in [0.25, 0.3) is 0 Å². The van der Waals surface area contributed by atoms with Gasteiger partial charge in [-0.3, -0.25) is 19.3 Å². The molecule has 0 radical (unpaired) electrons. The predicted octanol–water partition coefficient (Wildman–Crippen LogP) is -0.703. The monoisotopic (exact) mass is 283 g/mol. The van der Waals surface area contributed by atoms with E-state index in [1.54, 1.807) is 0 Å². The Morgan fingerprint density at radius 1 is 1.20 bits per heavy atom. The highest BCUT2D eigenvalue weighted by Crippen LogP contribution is 2.12. The van der Waals surface area contributed by atoms with Gasteiger partial charge < -0.3 is 16.6 Å². The van der Waals surface area contributed by atoms with Crippen molar-refractivity contribution in [2.24, 2.45) is 11.5 Å². The fraction of sp³-hybridized carbons (Fsp3) is 0.250. The third-order valence-corrected chi connectivity index (χ3v) is 2.47. The highest BCUT2D eigenvalue weighted by atomic mass is 19.1. The molecule has 0 aliphatic rings. The van der Waals surface area contributed by atoms with Crippen LogP contribution in [0.5, 0.6) is 0 Å². The molecule has 0 aliphatic heterocycles. The lowest BCUT2D eigenvalue weighted by Crippen LogP contribution is -2.37. The fourth-order valence-electron chi connectivity index (χ4n) is 1.65. The van der Waals surface area contributed by atoms with Crippen molar-refractivity contribution in [1.29, 1.82) is 0 Å². The van der Waals surface area contributed by atoms with E-state index < -0.39 is 30.1 Å². The number of rotatable bonds is 7. The van der Waals surface area contributed by atoms with E-state index in [9.17, 15) is 18.8 Å². The molecule has 20 heavy (non-hydrogen) atoms. The van der Waals surface area contributed by atoms with Crippen molar-refractivity contribution in [2.45, 2.75) is 6.54 Å². The molecule has 0 atom stereocenters. The number of hydrogen-bond acceptors (Lipinski definition) is 4. The molecule has 0 bridgehead atoms. The molecule has 0 saturated carbocycles. The van der Waals surface area contributed by atoms with E-state index in [0.29, 0.717) is 0 Å². The van der Waals surface area contributed by atoms with Crippen LogP contribution in [0.2, 0.25) is 0 Å². The van der Waals surface area contributed by atoms with Crippen molar-refractivity contribution in [3.05, 3.63) is 35.1 Å². The van der Waals surface area contributed by atoms with Gasteiger partial charge in [-0.1, -0.05) is 6.07 Å². The van der Waals surface area contributed by atoms with Gasteiger partial charge in [-0.05, 0) is 12.1 Å². The smallest absolute Gasteiger partial charge is 0.317 e. The van der Waals surface area contributed by atoms with E-state index >= 15 is 0 Å². The maximum Gasteiger partial charge on any atom is 0.317 e. The standard InChI is InChI=1S/C12H14FN3O4/c13-9-3-7(12(15)20)1-2-8(9)4-16(5-10(14)17)6-11(18)19/h1-3H,4-6H2,(H2,14,17)(H2,15,20)(H,18,19). The van der Waals surface area contributed by atoms with Crippen molar-refractivity contribution in [3.63, 3.8) is 0 Å². The van der Waals surface area contributed by atoms with Crippen molar-refractivity contribution in [2.75, 3.05) is 13.1 Å². The minimum atomic E-state index is -1.17. The van der Waals surface area contributed by atoms with E-state index in [0.717, 1.165) is 6.07 Å². The van der Waals surface area contributed by atoms with Crippen molar-refractivity contribution >= 4 is 17.8 Å². The zero-order chi connectivity index (χ0) is 15.3. The van der Waals surface area contributed by atoms with Gasteiger partial charge in [0, 0.05) is 17.7 Å². The molecule has 0 spiro atoms. The Labute approximate surface area is 114 Å². The van der Waals surface area contributed by atoms with Crippen LogP contribution in [-0.4, -0.2) is 40.9 Å². The molecule has 0 fully saturated rings. The number of carboxylic acid groups (broad SMARTS) is 1. The molecule has 0 aromatic heterocycles. The van der Waals surface area contributed by atoms with Crippen LogP contribution in [0.1, 0.15) is 15.9 Å². The average Bonchev–Trinajstić information content (AvgIpc) is 2.29. The Morgan fingerprint density at radius 3 is 2.30 bits per heavy atom. The molecule has 5 N–H and O–H groups in total. The van der Waals surface area contributed by atoms with Crippen LogP contribution in [0, 0.1) is 5.82 Å². The fourth-order valence-corrected chi connectivity index (χ4v) is 1.65. The van der Waals surface area contributed by atoms with Crippen LogP contribution < -0.4 is 11.5 Å². The summed E-state index contributed by atoms with van der Waals surface area (Å²) in [5.41, 5.74) is 10.1. The highest BCUT2D eigenvalue weighted by molar-refractivity contribution is 5.92. The van der Waals surface area contributed by atoms with E-state index in [2.05, 4.69) is 0 Å². The van der Waals surface area contributed by atoms with Gasteiger partial charge in [0.15, 0.2) is 0 Å². The van der Waals surface area contributed by atoms with Gasteiger partial charge in [-0.25, -0.2) is 4.39 Å². The SMILES string of the molecule is NC(=O)CN(CC(=O)O)Cc1ccc(C(N)=O)cc1F. The van der Waals surface area contributed by atoms with Crippen molar-refractivity contribution < 1.29 is 23.9 Å². The predicted molar refractivity (Wildman–Crippen MR) is 67.0 cm³/mol. The number of halogens is 1. The minimum absolute atomic E-state index is 0.00550. The third kappa shape index (κ3) is 4.65. The van der Waals surface area contributed by atoms with Crippen LogP contribution in [0.3, 0.4) is 0 Å². The first-order chi connectivity index (χ1) is 9.29. The highest BCUT2D eigenvalue weighted by Gasteiger charge is 2.15. The van der Waals surface area contributed by atoms with E-state index in [1.807, 2.05) is 0 Å². The zero-order valence-electron chi connectivity index (χ0n) is 10.5. The number of nitrogens with zero attached hydrogens (tertiary/aromatic N) is 1. The van der Waals surface area contributed by atoms with Crippen LogP contribution in [0.15, 0.2) is 18.2 Å². The summed E-state index contributed by atoms with van der Waals surface area (Å²) in [6, 6.07) is 3.59. The van der Waals surface area contributed by atoms with E-state index in [-0.39, 0.29) is 24.2 Å². The minimum Gasteiger partial charge on any atom is -0.480 e. The number of carboxylic acids is 1. The molecular formula is C12H14FN3O4. The topological polar surface area (TPSA) is 127 Å². The third-order valence-electron chi connectivity index (χ3n) is 2.47. The van der Waals surface area contributed by atoms with Gasteiger partial charge in [-0.2, -0.15) is 0 Å². The zero-order valence-corrected chi connectivity index (χ0v) is 10.5. The number of nitrogens with two attached hydrogens (primary N) is 2. The van der Waals surface area contributed by atoms with Gasteiger partial charge in [0.1, 0.15) is 5.82 Å². The van der Waals surface area contributed by atoms with Gasteiger partial charge >= 0.3 is 5.97 Å². The maximum atomic E-state index is 13.7. The van der Waals surface area contributed by atoms with Crippen molar-refractivity contribution in [1.82, 2.24) is 4.90 Å². The summed E-state index contributed by atoms with van der Waals surface area (Å²) >= 11 is 0. The normalized spacial score (nSPS) is 10.5. The number of amides is 2. The van der Waals surface area contributed by atoms with Crippen LogP contribution in [-0.2, 0) is 16.1 Å². The molecule has 1 aromatic rings. The second kappa shape index (κ2) is 6.62. The summed E-state index contributed by atoms with van der Waals surface area (Å²) in [5.74, 6) is -3.36. The number of aliphatic carboxylic acids is 1. The first kappa shape index (κ1) is 15.6. The number of benzene rings is 1. The maximum absolute atomic E-state index is 13.7. The molecule has 0 unspecified atom stereocenters. The van der Waals surface area contributed by atoms with E-state index in [1.165, 1.54) is 17.0 Å². The Kier molecular flexibility index (Phi) is 5.15. The first-order valence-corrected chi connectivity index (χ1v) is 5.60. The summed E-state index contributed by atoms with van der Waals surface area (Å²) in [5, 5.41) is 8.71. The molecule has 7 nitrogen and oxygen atoms in total. The van der Waals surface area contributed by atoms with Gasteiger partial charge in [0.2, 0.25) is 11.8 Å². The molecule has 1 rings (SSSR count). The first-order valence-electron chi connectivity index (χ1n) is 5.60. The summed E-state index contributed by atoms with van der Waals surface area (Å²) in [4.78, 5) is 33.6. The second-order valence-corrected chi connectivity index (χ2v) is 4.18. The summed E-state index contributed by atoms with van der Waals surface area (Å²) in [6.07, 6.45) is 0. The Morgan fingerprint density at radius 2 is 1.85 bits per heavy atom. The van der Waals surface area contributed by atoms with Crippen molar-refractivity contribution in [3.8, 4) is 0 Å². The Balaban J connectivity index is 2.90. The number of carbonyl (C=O) groups excluding carboxylic acids is 2. The Bertz CT molecular complexity index is 532.